The molecule has 0 aliphatic heterocycles. The topological polar surface area (TPSA) is 69.7 Å². The largest absolute Gasteiger partial charge is 0.451 e. The normalized spacial score (nSPS) is 11.7. The molecule has 5 aromatic rings. The van der Waals surface area contributed by atoms with E-state index in [1.807, 2.05) is 100 Å². The van der Waals surface area contributed by atoms with Crippen molar-refractivity contribution in [2.45, 2.75) is 34.0 Å². The Hall–Kier alpha value is -4.73. The molecule has 0 aromatic heterocycles. The first-order valence-corrected chi connectivity index (χ1v) is 15.5. The van der Waals surface area contributed by atoms with E-state index < -0.39 is 19.6 Å². The van der Waals surface area contributed by atoms with Gasteiger partial charge in [-0.1, -0.05) is 91.0 Å². The van der Waals surface area contributed by atoms with E-state index >= 15 is 0 Å². The number of ether oxygens (including phenoxy) is 2. The van der Waals surface area contributed by atoms with E-state index in [0.717, 1.165) is 22.3 Å². The molecule has 0 bridgehead atoms. The number of carbonyl (C=O) groups is 2. The maximum atomic E-state index is 14.2. The Balaban J connectivity index is 1.55. The number of rotatable bonds is 10. The minimum absolute atomic E-state index is 0.213. The van der Waals surface area contributed by atoms with Crippen LogP contribution in [0.2, 0.25) is 0 Å². The van der Waals surface area contributed by atoms with Crippen molar-refractivity contribution >= 4 is 24.4 Å². The fraction of sp³-hybridized carbons (Fsp3) is 0.135. The smallest absolute Gasteiger partial charge is 0.268 e. The lowest BCUT2D eigenvalue weighted by molar-refractivity contribution is 0.00324. The van der Waals surface area contributed by atoms with Crippen LogP contribution in [0.5, 0.6) is 11.5 Å². The highest BCUT2D eigenvalue weighted by Gasteiger charge is 2.28. The zero-order valence-corrected chi connectivity index (χ0v) is 25.6. The van der Waals surface area contributed by atoms with E-state index in [1.54, 1.807) is 42.5 Å². The van der Waals surface area contributed by atoms with Gasteiger partial charge in [0.25, 0.3) is 6.29 Å². The molecule has 43 heavy (non-hydrogen) atoms. The van der Waals surface area contributed by atoms with Gasteiger partial charge in [0.1, 0.15) is 11.5 Å². The van der Waals surface area contributed by atoms with Gasteiger partial charge in [-0.05, 0) is 74.2 Å². The van der Waals surface area contributed by atoms with Gasteiger partial charge in [-0.2, -0.15) is 0 Å². The van der Waals surface area contributed by atoms with Crippen LogP contribution in [0.1, 0.15) is 60.4 Å². The van der Waals surface area contributed by atoms with Crippen LogP contribution < -0.4 is 14.8 Å². The molecule has 0 heterocycles. The lowest BCUT2D eigenvalue weighted by Crippen LogP contribution is -2.21. The van der Waals surface area contributed by atoms with Crippen LogP contribution in [0.25, 0.3) is 0 Å². The summed E-state index contributed by atoms with van der Waals surface area (Å²) in [6.45, 7) is 7.69. The van der Waals surface area contributed by atoms with Crippen molar-refractivity contribution in [2.24, 2.45) is 0 Å². The van der Waals surface area contributed by atoms with Crippen LogP contribution in [0.15, 0.2) is 115 Å². The van der Waals surface area contributed by atoms with E-state index in [2.05, 4.69) is 0 Å². The third kappa shape index (κ3) is 6.38. The first kappa shape index (κ1) is 29.8. The van der Waals surface area contributed by atoms with E-state index in [4.69, 9.17) is 9.47 Å². The summed E-state index contributed by atoms with van der Waals surface area (Å²) in [4.78, 5) is 28.0. The molecule has 5 rings (SSSR count). The standard InChI is InChI=1S/C37H33O5P/c1-24-23-25(2)34(27(4)26(24)3)36(39)43(40)33-22-14-13-21-32(33)35(38)30-19-11-12-20-31(30)37(41-28-15-7-5-8-16-28)42-29-17-9-6-10-18-29/h5-23,37,43H,1-4H3. The maximum Gasteiger partial charge on any atom is 0.268 e. The van der Waals surface area contributed by atoms with Gasteiger partial charge in [-0.15, -0.1) is 0 Å². The van der Waals surface area contributed by atoms with Crippen LogP contribution in [-0.4, -0.2) is 11.3 Å². The minimum atomic E-state index is -3.05. The Kier molecular flexibility index (Phi) is 9.04. The predicted molar refractivity (Wildman–Crippen MR) is 172 cm³/mol. The first-order chi connectivity index (χ1) is 20.8. The summed E-state index contributed by atoms with van der Waals surface area (Å²) in [5.74, 6) is 0.769. The third-order valence-corrected chi connectivity index (χ3v) is 9.23. The molecule has 0 amide bonds. The van der Waals surface area contributed by atoms with Gasteiger partial charge in [0.2, 0.25) is 5.52 Å². The highest BCUT2D eigenvalue weighted by Crippen LogP contribution is 2.35. The second-order valence-corrected chi connectivity index (χ2v) is 12.1. The summed E-state index contributed by atoms with van der Waals surface area (Å²) < 4.78 is 26.5. The van der Waals surface area contributed by atoms with Crippen molar-refractivity contribution in [1.82, 2.24) is 0 Å². The first-order valence-electron chi connectivity index (χ1n) is 14.1. The Bertz CT molecular complexity index is 1770. The van der Waals surface area contributed by atoms with Gasteiger partial charge in [-0.25, -0.2) is 0 Å². The Morgan fingerprint density at radius 1 is 0.605 bits per heavy atom. The molecule has 0 spiro atoms. The molecule has 0 aliphatic carbocycles. The summed E-state index contributed by atoms with van der Waals surface area (Å²) in [6, 6.07) is 34.1. The lowest BCUT2D eigenvalue weighted by Gasteiger charge is -2.23. The van der Waals surface area contributed by atoms with Gasteiger partial charge in [-0.3, -0.25) is 9.59 Å². The maximum absolute atomic E-state index is 14.2. The molecule has 0 fully saturated rings. The van der Waals surface area contributed by atoms with Gasteiger partial charge >= 0.3 is 0 Å². The fourth-order valence-electron chi connectivity index (χ4n) is 5.20. The zero-order chi connectivity index (χ0) is 30.5. The van der Waals surface area contributed by atoms with E-state index in [9.17, 15) is 14.2 Å². The molecule has 0 N–H and O–H groups in total. The molecule has 0 radical (unpaired) electrons. The molecule has 0 saturated carbocycles. The quantitative estimate of drug-likeness (QED) is 0.0932. The molecular weight excluding hydrogens is 555 g/mol. The van der Waals surface area contributed by atoms with Crippen molar-refractivity contribution in [1.29, 1.82) is 0 Å². The number of para-hydroxylation sites is 2. The Morgan fingerprint density at radius 3 is 1.72 bits per heavy atom. The number of benzene rings is 5. The molecular formula is C37H33O5P. The summed E-state index contributed by atoms with van der Waals surface area (Å²) in [5.41, 5.74) is 4.70. The summed E-state index contributed by atoms with van der Waals surface area (Å²) >= 11 is 0. The fourth-order valence-corrected chi connectivity index (χ4v) is 6.74. The molecule has 0 aliphatic rings. The van der Waals surface area contributed by atoms with Crippen molar-refractivity contribution in [3.05, 3.63) is 160 Å². The van der Waals surface area contributed by atoms with Crippen LogP contribution in [0.4, 0.5) is 0 Å². The third-order valence-electron chi connectivity index (χ3n) is 7.64. The zero-order valence-electron chi connectivity index (χ0n) is 24.6. The number of ketones is 1. The second kappa shape index (κ2) is 13.1. The van der Waals surface area contributed by atoms with Crippen molar-refractivity contribution < 1.29 is 23.6 Å². The molecule has 6 heteroatoms. The SMILES string of the molecule is Cc1cc(C)c(C(=O)[PH](=O)c2ccccc2C(=O)c2ccccc2C(Oc2ccccc2)Oc2ccccc2)c(C)c1C. The van der Waals surface area contributed by atoms with Crippen LogP contribution in [-0.2, 0) is 4.57 Å². The highest BCUT2D eigenvalue weighted by molar-refractivity contribution is 7.71. The molecule has 1 unspecified atom stereocenters. The van der Waals surface area contributed by atoms with E-state index in [-0.39, 0.29) is 16.7 Å². The van der Waals surface area contributed by atoms with Gasteiger partial charge in [0.15, 0.2) is 13.6 Å². The van der Waals surface area contributed by atoms with E-state index in [0.29, 0.717) is 28.2 Å². The monoisotopic (exact) mass is 588 g/mol. The Labute approximate surface area is 252 Å². The highest BCUT2D eigenvalue weighted by atomic mass is 31.1. The van der Waals surface area contributed by atoms with Gasteiger partial charge in [0, 0.05) is 27.6 Å². The average Bonchev–Trinajstić information content (AvgIpc) is 3.03. The number of aryl methyl sites for hydroxylation is 2. The van der Waals surface area contributed by atoms with Crippen molar-refractivity contribution in [3.63, 3.8) is 0 Å². The number of hydrogen-bond acceptors (Lipinski definition) is 5. The minimum Gasteiger partial charge on any atom is -0.451 e. The Morgan fingerprint density at radius 2 is 1.12 bits per heavy atom. The number of carbonyl (C=O) groups excluding carboxylic acids is 2. The summed E-state index contributed by atoms with van der Waals surface area (Å²) in [7, 11) is -3.05. The molecule has 5 aromatic carbocycles. The van der Waals surface area contributed by atoms with Crippen LogP contribution >= 0.6 is 7.80 Å². The van der Waals surface area contributed by atoms with Gasteiger partial charge in [0.05, 0.1) is 0 Å². The average molecular weight is 589 g/mol. The summed E-state index contributed by atoms with van der Waals surface area (Å²) in [5, 5.41) is 0.235. The van der Waals surface area contributed by atoms with Gasteiger partial charge < -0.3 is 14.0 Å². The lowest BCUT2D eigenvalue weighted by atomic mass is 9.95. The van der Waals surface area contributed by atoms with Crippen LogP contribution in [0.3, 0.4) is 0 Å². The molecule has 1 atom stereocenters. The molecule has 0 saturated heterocycles. The second-order valence-electron chi connectivity index (χ2n) is 10.4. The molecule has 216 valence electrons. The summed E-state index contributed by atoms with van der Waals surface area (Å²) in [6.07, 6.45) is -0.961. The van der Waals surface area contributed by atoms with Crippen molar-refractivity contribution in [2.75, 3.05) is 0 Å². The van der Waals surface area contributed by atoms with Crippen LogP contribution in [0, 0.1) is 27.7 Å². The number of hydrogen-bond donors (Lipinski definition) is 0. The van der Waals surface area contributed by atoms with Crippen molar-refractivity contribution in [3.8, 4) is 11.5 Å². The van der Waals surface area contributed by atoms with E-state index in [1.165, 1.54) is 0 Å². The molecule has 5 nitrogen and oxygen atoms in total. The predicted octanol–water partition coefficient (Wildman–Crippen LogP) is 8.33.